The lowest BCUT2D eigenvalue weighted by atomic mass is 10.1. The molecule has 1 aliphatic heterocycles. The Labute approximate surface area is 250 Å². The van der Waals surface area contributed by atoms with Gasteiger partial charge in [0.25, 0.3) is 11.8 Å². The number of aliphatic hydroxyl groups is 3. The highest BCUT2D eigenvalue weighted by molar-refractivity contribution is 6.00. The summed E-state index contributed by atoms with van der Waals surface area (Å²) >= 11 is 0. The number of hydrogen-bond donors (Lipinski definition) is 6. The predicted molar refractivity (Wildman–Crippen MR) is 152 cm³/mol. The van der Waals surface area contributed by atoms with Gasteiger partial charge in [0.1, 0.15) is 11.5 Å². The van der Waals surface area contributed by atoms with E-state index >= 15 is 4.39 Å². The van der Waals surface area contributed by atoms with Crippen LogP contribution < -0.4 is 20.7 Å². The number of hydrogen-bond acceptors (Lipinski definition) is 12. The molecular weight excluding hydrogens is 581 g/mol. The fourth-order valence-corrected chi connectivity index (χ4v) is 4.71. The van der Waals surface area contributed by atoms with Crippen LogP contribution in [0.25, 0.3) is 11.3 Å². The van der Waals surface area contributed by atoms with Gasteiger partial charge in [-0.1, -0.05) is 0 Å². The lowest BCUT2D eigenvalue weighted by Crippen LogP contribution is -2.48. The van der Waals surface area contributed by atoms with Gasteiger partial charge in [-0.25, -0.2) is 4.39 Å². The standard InChI is InChI=1S/C27H32FN9O7/c1-35-6-8-37(9-7-35)26(40)20-12-17(34-36(20)2)16-10-15(28)11-19(23(16)44-3)29-18-13-21(30-24(38)14-4-5-14)32-33-22(18)25(39)31-27(41,42)43/h10-14,41-43H,4-9H2,1-3H3,(H,31,39)(H2,29,30,32,38). The number of anilines is 3. The summed E-state index contributed by atoms with van der Waals surface area (Å²) in [5.41, 5.74) is -0.00274. The highest BCUT2D eigenvalue weighted by atomic mass is 19.1. The molecule has 2 aromatic heterocycles. The van der Waals surface area contributed by atoms with Crippen molar-refractivity contribution >= 4 is 34.9 Å². The van der Waals surface area contributed by atoms with Crippen LogP contribution in [-0.2, 0) is 11.8 Å². The largest absolute Gasteiger partial charge is 0.494 e. The summed E-state index contributed by atoms with van der Waals surface area (Å²) in [6.07, 6.45) is -2.14. The number of halogens is 1. The zero-order chi connectivity index (χ0) is 31.8. The summed E-state index contributed by atoms with van der Waals surface area (Å²) in [4.78, 5) is 42.1. The van der Waals surface area contributed by atoms with Crippen LogP contribution in [-0.4, -0.2) is 109 Å². The Morgan fingerprint density at radius 3 is 2.34 bits per heavy atom. The second-order valence-corrected chi connectivity index (χ2v) is 10.6. The number of rotatable bonds is 9. The number of carbonyl (C=O) groups excluding carboxylic acids is 3. The smallest absolute Gasteiger partial charge is 0.369 e. The van der Waals surface area contributed by atoms with Crippen molar-refractivity contribution in [2.24, 2.45) is 13.0 Å². The number of carbonyl (C=O) groups is 3. The van der Waals surface area contributed by atoms with Crippen molar-refractivity contribution in [2.75, 3.05) is 51.0 Å². The van der Waals surface area contributed by atoms with E-state index in [-0.39, 0.29) is 51.9 Å². The number of nitrogens with zero attached hydrogens (tertiary/aromatic N) is 6. The van der Waals surface area contributed by atoms with Gasteiger partial charge < -0.3 is 40.5 Å². The Bertz CT molecular complexity index is 1590. The third-order valence-corrected chi connectivity index (χ3v) is 7.18. The molecule has 1 aliphatic carbocycles. The summed E-state index contributed by atoms with van der Waals surface area (Å²) in [6.45, 7) is 2.57. The van der Waals surface area contributed by atoms with Gasteiger partial charge in [-0.2, -0.15) is 5.10 Å². The molecule has 6 N–H and O–H groups in total. The van der Waals surface area contributed by atoms with Crippen LogP contribution in [0.5, 0.6) is 5.75 Å². The minimum atomic E-state index is -3.57. The van der Waals surface area contributed by atoms with Gasteiger partial charge in [0.15, 0.2) is 17.3 Å². The van der Waals surface area contributed by atoms with E-state index in [1.54, 1.807) is 11.9 Å². The maximum atomic E-state index is 15.1. The molecular formula is C27H32FN9O7. The van der Waals surface area contributed by atoms with E-state index < -0.39 is 23.5 Å². The highest BCUT2D eigenvalue weighted by Crippen LogP contribution is 2.39. The van der Waals surface area contributed by atoms with Crippen LogP contribution in [0.2, 0.25) is 0 Å². The molecule has 234 valence electrons. The first-order valence-corrected chi connectivity index (χ1v) is 13.7. The van der Waals surface area contributed by atoms with Crippen LogP contribution in [0.15, 0.2) is 24.3 Å². The minimum absolute atomic E-state index is 0.00937. The van der Waals surface area contributed by atoms with Crippen molar-refractivity contribution < 1.29 is 38.8 Å². The molecule has 3 amide bonds. The molecule has 3 aromatic rings. The minimum Gasteiger partial charge on any atom is -0.494 e. The third kappa shape index (κ3) is 6.91. The van der Waals surface area contributed by atoms with Crippen molar-refractivity contribution in [3.8, 4) is 17.0 Å². The van der Waals surface area contributed by atoms with E-state index in [0.29, 0.717) is 18.8 Å². The summed E-state index contributed by atoms with van der Waals surface area (Å²) in [6, 6.07) is 5.01. The molecule has 1 saturated heterocycles. The molecule has 2 fully saturated rings. The van der Waals surface area contributed by atoms with Crippen LogP contribution in [0, 0.1) is 11.7 Å². The molecule has 1 aromatic carbocycles. The number of amides is 3. The Balaban J connectivity index is 1.50. The average molecular weight is 614 g/mol. The monoisotopic (exact) mass is 613 g/mol. The quantitative estimate of drug-likeness (QED) is 0.174. The summed E-state index contributed by atoms with van der Waals surface area (Å²) < 4.78 is 22.1. The lowest BCUT2D eigenvalue weighted by molar-refractivity contribution is -0.323. The van der Waals surface area contributed by atoms with Crippen molar-refractivity contribution in [1.82, 2.24) is 35.1 Å². The Hall–Kier alpha value is -4.71. The van der Waals surface area contributed by atoms with Crippen LogP contribution in [0.4, 0.5) is 21.6 Å². The maximum Gasteiger partial charge on any atom is 0.369 e. The van der Waals surface area contributed by atoms with Gasteiger partial charge in [0.05, 0.1) is 24.2 Å². The number of aromatic nitrogens is 4. The van der Waals surface area contributed by atoms with E-state index in [4.69, 9.17) is 4.74 Å². The van der Waals surface area contributed by atoms with Gasteiger partial charge in [-0.15, -0.1) is 10.2 Å². The van der Waals surface area contributed by atoms with Gasteiger partial charge >= 0.3 is 6.10 Å². The van der Waals surface area contributed by atoms with Gasteiger partial charge in [-0.3, -0.25) is 24.4 Å². The highest BCUT2D eigenvalue weighted by Gasteiger charge is 2.31. The Kier molecular flexibility index (Phi) is 8.46. The molecule has 17 heteroatoms. The Morgan fingerprint density at radius 2 is 1.70 bits per heavy atom. The van der Waals surface area contributed by atoms with Gasteiger partial charge in [-0.05, 0) is 32.0 Å². The predicted octanol–water partition coefficient (Wildman–Crippen LogP) is -0.177. The molecule has 3 heterocycles. The van der Waals surface area contributed by atoms with Crippen LogP contribution in [0.1, 0.15) is 33.8 Å². The molecule has 2 aliphatic rings. The second-order valence-electron chi connectivity index (χ2n) is 10.6. The number of methoxy groups -OCH3 is 1. The first-order chi connectivity index (χ1) is 20.8. The topological polar surface area (TPSA) is 207 Å². The van der Waals surface area contributed by atoms with E-state index in [2.05, 4.69) is 30.8 Å². The summed E-state index contributed by atoms with van der Waals surface area (Å²) in [5.74, 6) is -2.65. The number of benzene rings is 1. The first kappa shape index (κ1) is 30.7. The first-order valence-electron chi connectivity index (χ1n) is 13.7. The number of piperazine rings is 1. The second kappa shape index (κ2) is 12.1. The van der Waals surface area contributed by atoms with E-state index in [1.165, 1.54) is 35.3 Å². The molecule has 0 bridgehead atoms. The molecule has 0 atom stereocenters. The van der Waals surface area contributed by atoms with Crippen molar-refractivity contribution in [2.45, 2.75) is 18.9 Å². The molecule has 0 radical (unpaired) electrons. The van der Waals surface area contributed by atoms with Crippen molar-refractivity contribution in [1.29, 1.82) is 0 Å². The van der Waals surface area contributed by atoms with Crippen molar-refractivity contribution in [3.63, 3.8) is 0 Å². The summed E-state index contributed by atoms with van der Waals surface area (Å²) in [5, 5.41) is 46.7. The fourth-order valence-electron chi connectivity index (χ4n) is 4.71. The van der Waals surface area contributed by atoms with Crippen molar-refractivity contribution in [3.05, 3.63) is 41.5 Å². The van der Waals surface area contributed by atoms with E-state index in [0.717, 1.165) is 32.0 Å². The fraction of sp³-hybridized carbons (Fsp3) is 0.407. The van der Waals surface area contributed by atoms with E-state index in [9.17, 15) is 29.7 Å². The lowest BCUT2D eigenvalue weighted by Gasteiger charge is -2.32. The third-order valence-electron chi connectivity index (χ3n) is 7.18. The molecule has 5 rings (SSSR count). The van der Waals surface area contributed by atoms with Gasteiger partial charge in [0, 0.05) is 56.8 Å². The number of ether oxygens (including phenoxy) is 1. The van der Waals surface area contributed by atoms with E-state index in [1.807, 2.05) is 7.05 Å². The SMILES string of the molecule is COc1c(Nc2cc(NC(=O)C3CC3)nnc2C(=O)NC(O)(O)O)cc(F)cc1-c1cc(C(=O)N2CCN(C)CC2)n(C)n1. The number of nitrogens with one attached hydrogen (secondary N) is 3. The molecule has 0 unspecified atom stereocenters. The molecule has 16 nitrogen and oxygen atoms in total. The van der Waals surface area contributed by atoms with Gasteiger partial charge in [0.2, 0.25) is 5.91 Å². The molecule has 44 heavy (non-hydrogen) atoms. The van der Waals surface area contributed by atoms with Crippen LogP contribution in [0.3, 0.4) is 0 Å². The zero-order valence-corrected chi connectivity index (χ0v) is 24.2. The number of likely N-dealkylation sites (N-methyl/N-ethyl adjacent to an activating group) is 1. The normalized spacial score (nSPS) is 15.6. The van der Waals surface area contributed by atoms with Crippen LogP contribution >= 0.6 is 0 Å². The Morgan fingerprint density at radius 1 is 1.00 bits per heavy atom. The molecule has 1 saturated carbocycles. The average Bonchev–Trinajstić information content (AvgIpc) is 3.73. The number of aryl methyl sites for hydroxylation is 1. The summed E-state index contributed by atoms with van der Waals surface area (Å²) in [7, 11) is 4.91. The zero-order valence-electron chi connectivity index (χ0n) is 24.2. The molecule has 0 spiro atoms. The maximum absolute atomic E-state index is 15.1.